The fourth-order valence-corrected chi connectivity index (χ4v) is 3.61. The molecule has 1 amide bonds. The zero-order valence-corrected chi connectivity index (χ0v) is 15.1. The molecule has 0 spiro atoms. The van der Waals surface area contributed by atoms with Crippen LogP contribution in [-0.4, -0.2) is 33.9 Å². The molecule has 4 rings (SSSR count). The number of carbonyl (C=O) groups is 1. The summed E-state index contributed by atoms with van der Waals surface area (Å²) in [6, 6.07) is 14.6. The Balaban J connectivity index is 1.27. The van der Waals surface area contributed by atoms with Crippen molar-refractivity contribution in [1.29, 1.82) is 0 Å². The number of piperidine rings is 1. The van der Waals surface area contributed by atoms with E-state index in [-0.39, 0.29) is 24.2 Å². The number of para-hydroxylation sites is 2. The van der Waals surface area contributed by atoms with Crippen molar-refractivity contribution in [3.63, 3.8) is 0 Å². The van der Waals surface area contributed by atoms with Crippen molar-refractivity contribution in [1.82, 2.24) is 20.2 Å². The van der Waals surface area contributed by atoms with E-state index in [9.17, 15) is 9.18 Å². The number of nitrogens with zero attached hydrogens (tertiary/aromatic N) is 2. The fourth-order valence-electron chi connectivity index (χ4n) is 3.61. The summed E-state index contributed by atoms with van der Waals surface area (Å²) in [6.07, 6.45) is 1.62. The smallest absolute Gasteiger partial charge is 0.223 e. The zero-order chi connectivity index (χ0) is 18.6. The molecule has 1 aliphatic rings. The second kappa shape index (κ2) is 7.88. The van der Waals surface area contributed by atoms with Gasteiger partial charge < -0.3 is 10.3 Å². The molecule has 140 valence electrons. The van der Waals surface area contributed by atoms with E-state index in [0.717, 1.165) is 49.3 Å². The number of likely N-dealkylation sites (tertiary alicyclic amines) is 1. The van der Waals surface area contributed by atoms with Crippen LogP contribution in [0.2, 0.25) is 0 Å². The standard InChI is InChI=1S/C21H23FN4O/c22-17-6-2-1-5-16(17)13-23-21(27)15-9-11-26(12-10-15)14-20-24-18-7-3-4-8-19(18)25-20/h1-8,15H,9-14H2,(H,23,27)(H,24,25). The average molecular weight is 366 g/mol. The van der Waals surface area contributed by atoms with Crippen LogP contribution in [0, 0.1) is 11.7 Å². The van der Waals surface area contributed by atoms with Gasteiger partial charge in [-0.3, -0.25) is 9.69 Å². The van der Waals surface area contributed by atoms with Gasteiger partial charge in [0.1, 0.15) is 11.6 Å². The number of aromatic nitrogens is 2. The van der Waals surface area contributed by atoms with Gasteiger partial charge in [0.2, 0.25) is 5.91 Å². The van der Waals surface area contributed by atoms with Gasteiger partial charge in [-0.1, -0.05) is 30.3 Å². The van der Waals surface area contributed by atoms with Crippen LogP contribution in [-0.2, 0) is 17.9 Å². The molecule has 0 saturated carbocycles. The third-order valence-electron chi connectivity index (χ3n) is 5.18. The molecule has 2 N–H and O–H groups in total. The van der Waals surface area contributed by atoms with Crippen molar-refractivity contribution in [2.24, 2.45) is 5.92 Å². The lowest BCUT2D eigenvalue weighted by molar-refractivity contribution is -0.126. The SMILES string of the molecule is O=C(NCc1ccccc1F)C1CCN(Cc2nc3ccccc3[nH]2)CC1. The second-order valence-corrected chi connectivity index (χ2v) is 7.06. The number of halogens is 1. The van der Waals surface area contributed by atoms with Crippen LogP contribution in [0.5, 0.6) is 0 Å². The van der Waals surface area contributed by atoms with Crippen LogP contribution in [0.3, 0.4) is 0 Å². The molecule has 2 heterocycles. The van der Waals surface area contributed by atoms with Crippen LogP contribution < -0.4 is 5.32 Å². The van der Waals surface area contributed by atoms with Crippen LogP contribution in [0.1, 0.15) is 24.2 Å². The topological polar surface area (TPSA) is 61.0 Å². The average Bonchev–Trinajstić information content (AvgIpc) is 3.10. The molecule has 5 nitrogen and oxygen atoms in total. The third kappa shape index (κ3) is 4.17. The van der Waals surface area contributed by atoms with Crippen LogP contribution in [0.4, 0.5) is 4.39 Å². The third-order valence-corrected chi connectivity index (χ3v) is 5.18. The lowest BCUT2D eigenvalue weighted by Crippen LogP contribution is -2.40. The first-order valence-electron chi connectivity index (χ1n) is 9.36. The Morgan fingerprint density at radius 3 is 2.67 bits per heavy atom. The number of carbonyl (C=O) groups excluding carboxylic acids is 1. The summed E-state index contributed by atoms with van der Waals surface area (Å²) in [4.78, 5) is 22.7. The summed E-state index contributed by atoms with van der Waals surface area (Å²) in [5.74, 6) is 0.683. The lowest BCUT2D eigenvalue weighted by Gasteiger charge is -2.30. The molecule has 1 aliphatic heterocycles. The number of hydrogen-bond donors (Lipinski definition) is 2. The predicted octanol–water partition coefficient (Wildman–Crippen LogP) is 3.23. The molecule has 1 aromatic heterocycles. The van der Waals surface area contributed by atoms with Gasteiger partial charge in [0.15, 0.2) is 0 Å². The lowest BCUT2D eigenvalue weighted by atomic mass is 9.96. The van der Waals surface area contributed by atoms with Crippen molar-refractivity contribution >= 4 is 16.9 Å². The first-order valence-corrected chi connectivity index (χ1v) is 9.36. The summed E-state index contributed by atoms with van der Waals surface area (Å²) < 4.78 is 13.7. The maximum Gasteiger partial charge on any atom is 0.223 e. The van der Waals surface area contributed by atoms with E-state index < -0.39 is 0 Å². The Labute approximate surface area is 157 Å². The Kier molecular flexibility index (Phi) is 5.16. The number of imidazole rings is 1. The Hall–Kier alpha value is -2.73. The number of H-pyrrole nitrogens is 1. The van der Waals surface area contributed by atoms with Gasteiger partial charge in [-0.05, 0) is 44.1 Å². The summed E-state index contributed by atoms with van der Waals surface area (Å²) in [7, 11) is 0. The molecular formula is C21H23FN4O. The minimum atomic E-state index is -0.279. The van der Waals surface area contributed by atoms with E-state index in [0.29, 0.717) is 5.56 Å². The fraction of sp³-hybridized carbons (Fsp3) is 0.333. The molecule has 27 heavy (non-hydrogen) atoms. The minimum Gasteiger partial charge on any atom is -0.352 e. The molecule has 0 atom stereocenters. The molecule has 2 aromatic carbocycles. The first-order chi connectivity index (χ1) is 13.2. The number of benzene rings is 2. The molecule has 1 fully saturated rings. The van der Waals surface area contributed by atoms with Crippen LogP contribution in [0.15, 0.2) is 48.5 Å². The van der Waals surface area contributed by atoms with E-state index in [1.807, 2.05) is 24.3 Å². The van der Waals surface area contributed by atoms with Gasteiger partial charge in [0.05, 0.1) is 17.6 Å². The molecule has 6 heteroatoms. The summed E-state index contributed by atoms with van der Waals surface area (Å²) >= 11 is 0. The molecule has 0 bridgehead atoms. The minimum absolute atomic E-state index is 0.0105. The van der Waals surface area contributed by atoms with Crippen molar-refractivity contribution in [3.8, 4) is 0 Å². The monoisotopic (exact) mass is 366 g/mol. The number of amides is 1. The summed E-state index contributed by atoms with van der Waals surface area (Å²) in [6.45, 7) is 2.71. The maximum absolute atomic E-state index is 13.7. The Bertz CT molecular complexity index is 898. The van der Waals surface area contributed by atoms with Crippen LogP contribution >= 0.6 is 0 Å². The predicted molar refractivity (Wildman–Crippen MR) is 102 cm³/mol. The highest BCUT2D eigenvalue weighted by atomic mass is 19.1. The van der Waals surface area contributed by atoms with Gasteiger partial charge in [0.25, 0.3) is 0 Å². The van der Waals surface area contributed by atoms with Crippen molar-refractivity contribution < 1.29 is 9.18 Å². The van der Waals surface area contributed by atoms with E-state index >= 15 is 0 Å². The number of fused-ring (bicyclic) bond motifs is 1. The van der Waals surface area contributed by atoms with Gasteiger partial charge in [-0.2, -0.15) is 0 Å². The van der Waals surface area contributed by atoms with Crippen molar-refractivity contribution in [3.05, 3.63) is 65.7 Å². The van der Waals surface area contributed by atoms with Gasteiger partial charge in [-0.25, -0.2) is 9.37 Å². The van der Waals surface area contributed by atoms with Gasteiger partial charge in [-0.15, -0.1) is 0 Å². The molecule has 3 aromatic rings. The number of rotatable bonds is 5. The number of nitrogens with one attached hydrogen (secondary N) is 2. The molecule has 0 unspecified atom stereocenters. The van der Waals surface area contributed by atoms with E-state index in [1.54, 1.807) is 18.2 Å². The van der Waals surface area contributed by atoms with Gasteiger partial charge >= 0.3 is 0 Å². The quantitative estimate of drug-likeness (QED) is 0.729. The molecule has 1 saturated heterocycles. The highest BCUT2D eigenvalue weighted by Gasteiger charge is 2.25. The first kappa shape index (κ1) is 17.7. The number of hydrogen-bond acceptors (Lipinski definition) is 3. The normalized spacial score (nSPS) is 15.9. The van der Waals surface area contributed by atoms with Gasteiger partial charge in [0, 0.05) is 18.0 Å². The largest absolute Gasteiger partial charge is 0.352 e. The van der Waals surface area contributed by atoms with Crippen molar-refractivity contribution in [2.45, 2.75) is 25.9 Å². The highest BCUT2D eigenvalue weighted by Crippen LogP contribution is 2.20. The zero-order valence-electron chi connectivity index (χ0n) is 15.1. The molecular weight excluding hydrogens is 343 g/mol. The van der Waals surface area contributed by atoms with E-state index in [4.69, 9.17) is 0 Å². The molecule has 0 radical (unpaired) electrons. The van der Waals surface area contributed by atoms with Crippen LogP contribution in [0.25, 0.3) is 11.0 Å². The summed E-state index contributed by atoms with van der Waals surface area (Å²) in [5, 5.41) is 2.88. The highest BCUT2D eigenvalue weighted by molar-refractivity contribution is 5.78. The number of aromatic amines is 1. The van der Waals surface area contributed by atoms with Crippen molar-refractivity contribution in [2.75, 3.05) is 13.1 Å². The maximum atomic E-state index is 13.7. The Morgan fingerprint density at radius 1 is 1.15 bits per heavy atom. The second-order valence-electron chi connectivity index (χ2n) is 7.06. The van der Waals surface area contributed by atoms with E-state index in [1.165, 1.54) is 6.07 Å². The molecule has 0 aliphatic carbocycles. The Morgan fingerprint density at radius 2 is 1.89 bits per heavy atom. The van der Waals surface area contributed by atoms with E-state index in [2.05, 4.69) is 20.2 Å². The summed E-state index contributed by atoms with van der Waals surface area (Å²) in [5.41, 5.74) is 2.55.